The van der Waals surface area contributed by atoms with Crippen LogP contribution in [0.4, 0.5) is 10.5 Å². The van der Waals surface area contributed by atoms with Gasteiger partial charge in [-0.05, 0) is 30.7 Å². The van der Waals surface area contributed by atoms with Gasteiger partial charge in [0.1, 0.15) is 12.4 Å². The van der Waals surface area contributed by atoms with E-state index in [2.05, 4.69) is 12.2 Å². The Hall–Kier alpha value is -1.75. The van der Waals surface area contributed by atoms with Crippen LogP contribution in [-0.2, 0) is 9.47 Å². The SMILES string of the molecule is CCCCCOCCOC(=O)Nc1ccc(O)cc1. The number of phenolic OH excluding ortho intramolecular Hbond substituents is 1. The maximum absolute atomic E-state index is 11.4. The standard InChI is InChI=1S/C14H21NO4/c1-2-3-4-9-18-10-11-19-14(17)15-12-5-7-13(16)8-6-12/h5-8,16H,2-4,9-11H2,1H3,(H,15,17). The molecule has 0 heterocycles. The van der Waals surface area contributed by atoms with Crippen molar-refractivity contribution in [3.8, 4) is 5.75 Å². The molecule has 2 N–H and O–H groups in total. The summed E-state index contributed by atoms with van der Waals surface area (Å²) in [5.74, 6) is 0.152. The van der Waals surface area contributed by atoms with Crippen molar-refractivity contribution in [2.24, 2.45) is 0 Å². The Morgan fingerprint density at radius 2 is 1.89 bits per heavy atom. The number of hydrogen-bond acceptors (Lipinski definition) is 4. The number of anilines is 1. The topological polar surface area (TPSA) is 67.8 Å². The van der Waals surface area contributed by atoms with E-state index in [9.17, 15) is 4.79 Å². The largest absolute Gasteiger partial charge is 0.508 e. The molecule has 0 radical (unpaired) electrons. The first-order chi connectivity index (χ1) is 9.22. The number of unbranched alkanes of at least 4 members (excludes halogenated alkanes) is 2. The molecule has 1 rings (SSSR count). The lowest BCUT2D eigenvalue weighted by Crippen LogP contribution is -2.16. The second kappa shape index (κ2) is 9.22. The van der Waals surface area contributed by atoms with Crippen LogP contribution in [0.2, 0.25) is 0 Å². The van der Waals surface area contributed by atoms with Gasteiger partial charge >= 0.3 is 6.09 Å². The molecular weight excluding hydrogens is 246 g/mol. The zero-order valence-electron chi connectivity index (χ0n) is 11.2. The van der Waals surface area contributed by atoms with Gasteiger partial charge in [0.2, 0.25) is 0 Å². The number of aromatic hydroxyl groups is 1. The second-order valence-corrected chi connectivity index (χ2v) is 4.13. The van der Waals surface area contributed by atoms with E-state index < -0.39 is 6.09 Å². The Bertz CT molecular complexity index is 364. The highest BCUT2D eigenvalue weighted by Crippen LogP contribution is 2.13. The number of nitrogens with one attached hydrogen (secondary N) is 1. The Kier molecular flexibility index (Phi) is 7.43. The van der Waals surface area contributed by atoms with Crippen molar-refractivity contribution in [1.29, 1.82) is 0 Å². The average Bonchev–Trinajstić information content (AvgIpc) is 2.40. The molecule has 0 unspecified atom stereocenters. The molecule has 0 aromatic heterocycles. The fourth-order valence-electron chi connectivity index (χ4n) is 1.45. The van der Waals surface area contributed by atoms with Crippen LogP contribution in [-0.4, -0.2) is 31.0 Å². The predicted octanol–water partition coefficient (Wildman–Crippen LogP) is 3.15. The molecule has 0 spiro atoms. The zero-order chi connectivity index (χ0) is 13.9. The van der Waals surface area contributed by atoms with Gasteiger partial charge in [-0.25, -0.2) is 4.79 Å². The van der Waals surface area contributed by atoms with E-state index in [1.54, 1.807) is 12.1 Å². The summed E-state index contributed by atoms with van der Waals surface area (Å²) in [6.45, 7) is 3.48. The number of carbonyl (C=O) groups excluding carboxylic acids is 1. The van der Waals surface area contributed by atoms with Gasteiger partial charge in [-0.15, -0.1) is 0 Å². The quantitative estimate of drug-likeness (QED) is 0.561. The van der Waals surface area contributed by atoms with E-state index in [1.165, 1.54) is 12.1 Å². The van der Waals surface area contributed by atoms with Crippen LogP contribution in [0.25, 0.3) is 0 Å². The van der Waals surface area contributed by atoms with Crippen LogP contribution < -0.4 is 5.32 Å². The van der Waals surface area contributed by atoms with E-state index in [0.717, 1.165) is 19.3 Å². The van der Waals surface area contributed by atoms with Gasteiger partial charge in [0.05, 0.1) is 6.61 Å². The molecule has 1 amide bonds. The first kappa shape index (κ1) is 15.3. The van der Waals surface area contributed by atoms with Gasteiger partial charge < -0.3 is 14.6 Å². The zero-order valence-corrected chi connectivity index (χ0v) is 11.2. The molecule has 106 valence electrons. The molecule has 0 aliphatic carbocycles. The molecule has 0 saturated carbocycles. The molecule has 19 heavy (non-hydrogen) atoms. The lowest BCUT2D eigenvalue weighted by molar-refractivity contribution is 0.0763. The first-order valence-electron chi connectivity index (χ1n) is 6.53. The molecule has 5 heteroatoms. The van der Waals surface area contributed by atoms with Crippen LogP contribution in [0.3, 0.4) is 0 Å². The highest BCUT2D eigenvalue weighted by Gasteiger charge is 2.02. The average molecular weight is 267 g/mol. The maximum atomic E-state index is 11.4. The summed E-state index contributed by atoms with van der Waals surface area (Å²) in [5.41, 5.74) is 0.576. The number of phenols is 1. The third-order valence-corrected chi connectivity index (χ3v) is 2.47. The van der Waals surface area contributed by atoms with Crippen LogP contribution >= 0.6 is 0 Å². The van der Waals surface area contributed by atoms with Crippen LogP contribution in [0.15, 0.2) is 24.3 Å². The Morgan fingerprint density at radius 1 is 1.16 bits per heavy atom. The summed E-state index contributed by atoms with van der Waals surface area (Å²) in [5, 5.41) is 11.6. The summed E-state index contributed by atoms with van der Waals surface area (Å²) in [4.78, 5) is 11.4. The van der Waals surface area contributed by atoms with E-state index >= 15 is 0 Å². The van der Waals surface area contributed by atoms with E-state index in [1.807, 2.05) is 0 Å². The van der Waals surface area contributed by atoms with Crippen molar-refractivity contribution in [3.63, 3.8) is 0 Å². The van der Waals surface area contributed by atoms with Gasteiger partial charge in [-0.1, -0.05) is 19.8 Å². The minimum absolute atomic E-state index is 0.152. The molecule has 0 aliphatic rings. The van der Waals surface area contributed by atoms with Gasteiger partial charge in [0.25, 0.3) is 0 Å². The Balaban J connectivity index is 2.06. The number of benzene rings is 1. The first-order valence-corrected chi connectivity index (χ1v) is 6.53. The molecule has 1 aromatic carbocycles. The highest BCUT2D eigenvalue weighted by molar-refractivity contribution is 5.84. The monoisotopic (exact) mass is 267 g/mol. The van der Waals surface area contributed by atoms with Crippen molar-refractivity contribution in [1.82, 2.24) is 0 Å². The normalized spacial score (nSPS) is 10.2. The maximum Gasteiger partial charge on any atom is 0.411 e. The fourth-order valence-corrected chi connectivity index (χ4v) is 1.45. The summed E-state index contributed by atoms with van der Waals surface area (Å²) in [7, 11) is 0. The highest BCUT2D eigenvalue weighted by atomic mass is 16.6. The molecular formula is C14H21NO4. The summed E-state index contributed by atoms with van der Waals surface area (Å²) >= 11 is 0. The van der Waals surface area contributed by atoms with Gasteiger partial charge in [-0.3, -0.25) is 5.32 Å². The smallest absolute Gasteiger partial charge is 0.411 e. The van der Waals surface area contributed by atoms with Crippen molar-refractivity contribution < 1.29 is 19.4 Å². The molecule has 5 nitrogen and oxygen atoms in total. The summed E-state index contributed by atoms with van der Waals surface area (Å²) in [6, 6.07) is 6.18. The number of carbonyl (C=O) groups is 1. The van der Waals surface area contributed by atoms with Gasteiger partial charge in [0, 0.05) is 12.3 Å². The van der Waals surface area contributed by atoms with Crippen molar-refractivity contribution in [2.75, 3.05) is 25.1 Å². The van der Waals surface area contributed by atoms with Crippen LogP contribution in [0, 0.1) is 0 Å². The molecule has 0 fully saturated rings. The minimum atomic E-state index is -0.525. The number of ether oxygens (including phenoxy) is 2. The number of amides is 1. The van der Waals surface area contributed by atoms with Crippen molar-refractivity contribution in [2.45, 2.75) is 26.2 Å². The Labute approximate surface area is 113 Å². The van der Waals surface area contributed by atoms with E-state index in [0.29, 0.717) is 18.9 Å². The summed E-state index contributed by atoms with van der Waals surface area (Å²) < 4.78 is 10.3. The second-order valence-electron chi connectivity index (χ2n) is 4.13. The number of hydrogen-bond donors (Lipinski definition) is 2. The molecule has 0 aliphatic heterocycles. The predicted molar refractivity (Wildman–Crippen MR) is 73.4 cm³/mol. The van der Waals surface area contributed by atoms with E-state index in [-0.39, 0.29) is 12.4 Å². The van der Waals surface area contributed by atoms with Gasteiger partial charge in [0.15, 0.2) is 0 Å². The third kappa shape index (κ3) is 7.31. The van der Waals surface area contributed by atoms with E-state index in [4.69, 9.17) is 14.6 Å². The lowest BCUT2D eigenvalue weighted by atomic mass is 10.3. The molecule has 0 bridgehead atoms. The van der Waals surface area contributed by atoms with Crippen molar-refractivity contribution >= 4 is 11.8 Å². The van der Waals surface area contributed by atoms with Crippen LogP contribution in [0.5, 0.6) is 5.75 Å². The fraction of sp³-hybridized carbons (Fsp3) is 0.500. The molecule has 0 saturated heterocycles. The van der Waals surface area contributed by atoms with Crippen molar-refractivity contribution in [3.05, 3.63) is 24.3 Å². The number of rotatable bonds is 8. The van der Waals surface area contributed by atoms with Crippen LogP contribution in [0.1, 0.15) is 26.2 Å². The molecule has 1 aromatic rings. The molecule has 0 atom stereocenters. The lowest BCUT2D eigenvalue weighted by Gasteiger charge is -2.07. The summed E-state index contributed by atoms with van der Waals surface area (Å²) in [6.07, 6.45) is 2.83. The minimum Gasteiger partial charge on any atom is -0.508 e. The Morgan fingerprint density at radius 3 is 2.58 bits per heavy atom. The van der Waals surface area contributed by atoms with Gasteiger partial charge in [-0.2, -0.15) is 0 Å². The third-order valence-electron chi connectivity index (χ3n) is 2.47.